The third kappa shape index (κ3) is 4.33. The number of β-lactam (4-membered cyclic amide) rings is 1. The molecule has 0 aromatic carbocycles. The number of fused-ring (bicyclic) bond motifs is 1. The Balaban J connectivity index is 2.10. The molecule has 0 radical (unpaired) electrons. The molecule has 10 heteroatoms. The molecule has 1 saturated heterocycles. The van der Waals surface area contributed by atoms with Crippen LogP contribution in [0.2, 0.25) is 0 Å². The number of rotatable bonds is 5. The van der Waals surface area contributed by atoms with E-state index in [-0.39, 0.29) is 11.4 Å². The Morgan fingerprint density at radius 1 is 1.29 bits per heavy atom. The van der Waals surface area contributed by atoms with Crippen molar-refractivity contribution in [2.45, 2.75) is 53.0 Å². The molecule has 2 heterocycles. The Labute approximate surface area is 166 Å². The van der Waals surface area contributed by atoms with Crippen molar-refractivity contribution in [3.8, 4) is 0 Å². The maximum absolute atomic E-state index is 12.6. The fourth-order valence-corrected chi connectivity index (χ4v) is 4.88. The lowest BCUT2D eigenvalue weighted by Gasteiger charge is -2.50. The molecular weight excluding hydrogens is 390 g/mol. The number of hydrogen-bond acceptors (Lipinski definition) is 8. The fourth-order valence-electron chi connectivity index (χ4n) is 3.04. The van der Waals surface area contributed by atoms with Crippen LogP contribution >= 0.6 is 0 Å². The maximum atomic E-state index is 12.6. The van der Waals surface area contributed by atoms with E-state index in [0.717, 1.165) is 4.90 Å². The molecule has 28 heavy (non-hydrogen) atoms. The topological polar surface area (TPSA) is 122 Å². The van der Waals surface area contributed by atoms with Gasteiger partial charge in [-0.3, -0.25) is 19.3 Å². The first-order chi connectivity index (χ1) is 12.9. The smallest absolute Gasteiger partial charge is 0.358 e. The molecule has 0 bridgehead atoms. The SMILES string of the molecule is CC(=O)OC(C)[C@H]1C(=O)N2C(C(=O)OCOC(=O)C(C)(C)C)=C(C)C[S+]([O-])[C@H]12. The molecular formula is C18H25NO8S. The largest absolute Gasteiger partial charge is 0.614 e. The number of hydrogen-bond donors (Lipinski definition) is 0. The van der Waals surface area contributed by atoms with Crippen LogP contribution in [0.4, 0.5) is 0 Å². The summed E-state index contributed by atoms with van der Waals surface area (Å²) in [6.07, 6.45) is -0.765. The summed E-state index contributed by atoms with van der Waals surface area (Å²) in [6.45, 7) is 8.75. The van der Waals surface area contributed by atoms with Crippen molar-refractivity contribution < 1.29 is 37.9 Å². The van der Waals surface area contributed by atoms with E-state index in [1.54, 1.807) is 34.6 Å². The number of esters is 3. The molecule has 0 spiro atoms. The Bertz CT molecular complexity index is 726. The standard InChI is InChI=1S/C18H25NO8S/c1-9-7-28(24)15-12(10(2)27-11(3)20)14(21)19(15)13(9)16(22)25-8-26-17(23)18(4,5)6/h10,12,15H,7-8H2,1-6H3/t10?,12-,15+,28?/m0/s1. The van der Waals surface area contributed by atoms with E-state index >= 15 is 0 Å². The van der Waals surface area contributed by atoms with E-state index in [4.69, 9.17) is 14.2 Å². The van der Waals surface area contributed by atoms with Gasteiger partial charge in [-0.1, -0.05) is 0 Å². The number of nitrogens with zero attached hydrogens (tertiary/aromatic N) is 1. The zero-order valence-corrected chi connectivity index (χ0v) is 17.6. The van der Waals surface area contributed by atoms with Crippen LogP contribution in [0, 0.1) is 11.3 Å². The molecule has 0 N–H and O–H groups in total. The van der Waals surface area contributed by atoms with Crippen LogP contribution in [-0.4, -0.2) is 57.3 Å². The molecule has 1 amide bonds. The summed E-state index contributed by atoms with van der Waals surface area (Å²) in [6, 6.07) is 0. The predicted octanol–water partition coefficient (Wildman–Crippen LogP) is 0.849. The van der Waals surface area contributed by atoms with Crippen LogP contribution in [0.3, 0.4) is 0 Å². The monoisotopic (exact) mass is 415 g/mol. The highest BCUT2D eigenvalue weighted by atomic mass is 32.2. The Hall–Kier alpha value is -2.07. The van der Waals surface area contributed by atoms with Crippen LogP contribution in [-0.2, 0) is 44.6 Å². The van der Waals surface area contributed by atoms with E-state index in [1.807, 2.05) is 0 Å². The van der Waals surface area contributed by atoms with Crippen LogP contribution in [0.1, 0.15) is 41.5 Å². The zero-order chi connectivity index (χ0) is 21.4. The van der Waals surface area contributed by atoms with Gasteiger partial charge in [-0.05, 0) is 45.8 Å². The molecule has 1 fully saturated rings. The molecule has 156 valence electrons. The summed E-state index contributed by atoms with van der Waals surface area (Å²) in [7, 11) is 0. The van der Waals surface area contributed by atoms with Gasteiger partial charge in [0.15, 0.2) is 0 Å². The van der Waals surface area contributed by atoms with Crippen molar-refractivity contribution in [2.75, 3.05) is 12.5 Å². The summed E-state index contributed by atoms with van der Waals surface area (Å²) in [5.41, 5.74) is -0.316. The minimum atomic E-state index is -1.44. The van der Waals surface area contributed by atoms with Gasteiger partial charge >= 0.3 is 17.9 Å². The molecule has 2 aliphatic rings. The Morgan fingerprint density at radius 2 is 1.89 bits per heavy atom. The van der Waals surface area contributed by atoms with Crippen molar-refractivity contribution in [2.24, 2.45) is 11.3 Å². The van der Waals surface area contributed by atoms with E-state index < -0.39 is 64.6 Å². The number of ether oxygens (including phenoxy) is 3. The van der Waals surface area contributed by atoms with Gasteiger partial charge in [-0.2, -0.15) is 0 Å². The van der Waals surface area contributed by atoms with Gasteiger partial charge in [0.05, 0.1) is 5.41 Å². The molecule has 4 atom stereocenters. The van der Waals surface area contributed by atoms with Gasteiger partial charge in [0.1, 0.15) is 23.5 Å². The van der Waals surface area contributed by atoms with Gasteiger partial charge in [-0.25, -0.2) is 4.79 Å². The third-order valence-electron chi connectivity index (χ3n) is 4.40. The first kappa shape index (κ1) is 22.2. The molecule has 9 nitrogen and oxygen atoms in total. The van der Waals surface area contributed by atoms with E-state index in [0.29, 0.717) is 5.57 Å². The van der Waals surface area contributed by atoms with Gasteiger partial charge < -0.3 is 18.8 Å². The molecule has 0 aromatic rings. The van der Waals surface area contributed by atoms with Gasteiger partial charge in [0.25, 0.3) is 0 Å². The van der Waals surface area contributed by atoms with E-state index in [1.165, 1.54) is 6.92 Å². The predicted molar refractivity (Wildman–Crippen MR) is 97.6 cm³/mol. The molecule has 0 saturated carbocycles. The first-order valence-electron chi connectivity index (χ1n) is 8.77. The van der Waals surface area contributed by atoms with Crippen molar-refractivity contribution in [3.05, 3.63) is 11.3 Å². The molecule has 2 aliphatic heterocycles. The molecule has 0 aliphatic carbocycles. The lowest BCUT2D eigenvalue weighted by molar-refractivity contribution is -0.176. The van der Waals surface area contributed by atoms with Crippen LogP contribution in [0.15, 0.2) is 11.3 Å². The second-order valence-electron chi connectivity index (χ2n) is 7.82. The number of carbonyl (C=O) groups excluding carboxylic acids is 4. The summed E-state index contributed by atoms with van der Waals surface area (Å²) in [4.78, 5) is 49.1. The third-order valence-corrected chi connectivity index (χ3v) is 6.16. The highest BCUT2D eigenvalue weighted by Gasteiger charge is 2.62. The van der Waals surface area contributed by atoms with Gasteiger partial charge in [-0.15, -0.1) is 0 Å². The van der Waals surface area contributed by atoms with Crippen LogP contribution in [0.25, 0.3) is 0 Å². The van der Waals surface area contributed by atoms with Crippen LogP contribution < -0.4 is 0 Å². The van der Waals surface area contributed by atoms with Gasteiger partial charge in [0, 0.05) is 12.5 Å². The average molecular weight is 415 g/mol. The lowest BCUT2D eigenvalue weighted by atomic mass is 9.91. The van der Waals surface area contributed by atoms with Gasteiger partial charge in [0.2, 0.25) is 18.1 Å². The molecule has 0 aromatic heterocycles. The Morgan fingerprint density at radius 3 is 2.43 bits per heavy atom. The first-order valence-corrected chi connectivity index (χ1v) is 10.2. The minimum absolute atomic E-state index is 0.00678. The second-order valence-corrected chi connectivity index (χ2v) is 9.36. The van der Waals surface area contributed by atoms with Crippen molar-refractivity contribution in [3.63, 3.8) is 0 Å². The lowest BCUT2D eigenvalue weighted by Crippen LogP contribution is -2.69. The maximum Gasteiger partial charge on any atom is 0.358 e. The second kappa shape index (κ2) is 8.12. The fraction of sp³-hybridized carbons (Fsp3) is 0.667. The highest BCUT2D eigenvalue weighted by Crippen LogP contribution is 2.42. The summed E-state index contributed by atoms with van der Waals surface area (Å²) in [5, 5.41) is -0.773. The van der Waals surface area contributed by atoms with E-state index in [9.17, 15) is 23.7 Å². The van der Waals surface area contributed by atoms with Crippen molar-refractivity contribution >= 4 is 35.0 Å². The molecule has 2 unspecified atom stereocenters. The highest BCUT2D eigenvalue weighted by molar-refractivity contribution is 7.92. The summed E-state index contributed by atoms with van der Waals surface area (Å²) in [5.74, 6) is -3.10. The normalized spacial score (nSPS) is 25.5. The summed E-state index contributed by atoms with van der Waals surface area (Å²) >= 11 is -1.44. The van der Waals surface area contributed by atoms with Crippen LogP contribution in [0.5, 0.6) is 0 Å². The van der Waals surface area contributed by atoms with Crippen molar-refractivity contribution in [1.82, 2.24) is 4.90 Å². The van der Waals surface area contributed by atoms with Crippen molar-refractivity contribution in [1.29, 1.82) is 0 Å². The number of amides is 1. The average Bonchev–Trinajstić information content (AvgIpc) is 2.53. The van der Waals surface area contributed by atoms with E-state index in [2.05, 4.69) is 0 Å². The zero-order valence-electron chi connectivity index (χ0n) is 16.8. The summed E-state index contributed by atoms with van der Waals surface area (Å²) < 4.78 is 27.5. The molecule has 2 rings (SSSR count). The Kier molecular flexibility index (Phi) is 6.44. The number of carbonyl (C=O) groups is 4. The quantitative estimate of drug-likeness (QED) is 0.280. The minimum Gasteiger partial charge on any atom is -0.614 e.